The fourth-order valence-electron chi connectivity index (χ4n) is 2.03. The first-order valence-corrected chi connectivity index (χ1v) is 5.71. The van der Waals surface area contributed by atoms with Crippen molar-refractivity contribution in [1.82, 2.24) is 14.8 Å². The van der Waals surface area contributed by atoms with Crippen molar-refractivity contribution in [2.45, 2.75) is 39.3 Å². The first kappa shape index (κ1) is 11.3. The van der Waals surface area contributed by atoms with Gasteiger partial charge in [0.25, 0.3) is 0 Å². The number of carbonyl (C=O) groups excluding carboxylic acids is 1. The minimum Gasteiger partial charge on any atom is -0.378 e. The molecule has 0 N–H and O–H groups in total. The first-order chi connectivity index (χ1) is 7.70. The van der Waals surface area contributed by atoms with Crippen molar-refractivity contribution in [3.05, 3.63) is 12.2 Å². The van der Waals surface area contributed by atoms with Crippen LogP contribution in [-0.2, 0) is 22.5 Å². The Labute approximate surface area is 94.8 Å². The van der Waals surface area contributed by atoms with Crippen molar-refractivity contribution >= 4 is 5.78 Å². The van der Waals surface area contributed by atoms with Crippen LogP contribution in [0.15, 0.2) is 6.33 Å². The summed E-state index contributed by atoms with van der Waals surface area (Å²) < 4.78 is 7.16. The maximum atomic E-state index is 12.0. The van der Waals surface area contributed by atoms with Gasteiger partial charge in [-0.15, -0.1) is 0 Å². The lowest BCUT2D eigenvalue weighted by molar-refractivity contribution is -0.122. The van der Waals surface area contributed by atoms with E-state index in [1.807, 2.05) is 13.8 Å². The number of ketones is 1. The molecule has 2 atom stereocenters. The summed E-state index contributed by atoms with van der Waals surface area (Å²) >= 11 is 0. The molecule has 5 heteroatoms. The average Bonchev–Trinajstić information content (AvgIpc) is 2.86. The van der Waals surface area contributed by atoms with Gasteiger partial charge in [0.05, 0.1) is 19.1 Å². The van der Waals surface area contributed by atoms with Gasteiger partial charge in [0.1, 0.15) is 17.9 Å². The number of rotatable bonds is 4. The van der Waals surface area contributed by atoms with Crippen LogP contribution in [0.4, 0.5) is 0 Å². The van der Waals surface area contributed by atoms with Crippen molar-refractivity contribution in [2.75, 3.05) is 6.61 Å². The van der Waals surface area contributed by atoms with Crippen molar-refractivity contribution in [2.24, 2.45) is 5.92 Å². The molecule has 1 aliphatic heterocycles. The van der Waals surface area contributed by atoms with E-state index < -0.39 is 0 Å². The summed E-state index contributed by atoms with van der Waals surface area (Å²) in [5.41, 5.74) is 0. The molecule has 2 heterocycles. The Balaban J connectivity index is 1.97. The Kier molecular flexibility index (Phi) is 3.33. The van der Waals surface area contributed by atoms with E-state index in [0.29, 0.717) is 13.0 Å². The molecule has 1 aliphatic rings. The number of aryl methyl sites for hydroxylation is 1. The molecule has 1 fully saturated rings. The minimum absolute atomic E-state index is 0.0389. The Hall–Kier alpha value is -1.23. The van der Waals surface area contributed by atoms with Gasteiger partial charge in [0, 0.05) is 12.5 Å². The molecule has 1 saturated heterocycles. The highest BCUT2D eigenvalue weighted by molar-refractivity contribution is 5.83. The highest BCUT2D eigenvalue weighted by atomic mass is 16.5. The lowest BCUT2D eigenvalue weighted by Gasteiger charge is -2.06. The van der Waals surface area contributed by atoms with Crippen molar-refractivity contribution < 1.29 is 9.53 Å². The van der Waals surface area contributed by atoms with E-state index in [1.54, 1.807) is 4.68 Å². The van der Waals surface area contributed by atoms with Gasteiger partial charge in [0.15, 0.2) is 0 Å². The van der Waals surface area contributed by atoms with Crippen LogP contribution in [0.2, 0.25) is 0 Å². The Morgan fingerprint density at radius 2 is 2.50 bits per heavy atom. The molecule has 2 rings (SSSR count). The van der Waals surface area contributed by atoms with Crippen LogP contribution >= 0.6 is 0 Å². The van der Waals surface area contributed by atoms with Gasteiger partial charge in [0.2, 0.25) is 0 Å². The maximum absolute atomic E-state index is 12.0. The largest absolute Gasteiger partial charge is 0.378 e. The molecule has 0 amide bonds. The van der Waals surface area contributed by atoms with E-state index in [4.69, 9.17) is 4.74 Å². The van der Waals surface area contributed by atoms with E-state index in [0.717, 1.165) is 18.8 Å². The van der Waals surface area contributed by atoms with Crippen molar-refractivity contribution in [3.8, 4) is 0 Å². The third-order valence-electron chi connectivity index (χ3n) is 2.98. The Morgan fingerprint density at radius 3 is 3.12 bits per heavy atom. The van der Waals surface area contributed by atoms with E-state index in [1.165, 1.54) is 6.33 Å². The Morgan fingerprint density at radius 1 is 1.69 bits per heavy atom. The second kappa shape index (κ2) is 4.74. The molecule has 0 saturated carbocycles. The van der Waals surface area contributed by atoms with E-state index in [9.17, 15) is 4.79 Å². The number of hydrogen-bond acceptors (Lipinski definition) is 4. The van der Waals surface area contributed by atoms with Crippen LogP contribution in [0.3, 0.4) is 0 Å². The number of hydrogen-bond donors (Lipinski definition) is 0. The zero-order valence-electron chi connectivity index (χ0n) is 9.72. The molecule has 0 radical (unpaired) electrons. The first-order valence-electron chi connectivity index (χ1n) is 5.71. The molecule has 0 aromatic carbocycles. The summed E-state index contributed by atoms with van der Waals surface area (Å²) in [7, 11) is 0. The molecular weight excluding hydrogens is 206 g/mol. The van der Waals surface area contributed by atoms with Crippen molar-refractivity contribution in [3.63, 3.8) is 0 Å². The molecule has 5 nitrogen and oxygen atoms in total. The molecule has 1 aromatic rings. The summed E-state index contributed by atoms with van der Waals surface area (Å²) in [4.78, 5) is 16.1. The van der Waals surface area contributed by atoms with E-state index >= 15 is 0 Å². The predicted octanol–water partition coefficient (Wildman–Crippen LogP) is 0.835. The lowest BCUT2D eigenvalue weighted by Crippen LogP contribution is -2.19. The highest BCUT2D eigenvalue weighted by Crippen LogP contribution is 2.20. The van der Waals surface area contributed by atoms with Gasteiger partial charge < -0.3 is 4.74 Å². The van der Waals surface area contributed by atoms with Gasteiger partial charge in [-0.3, -0.25) is 4.79 Å². The smallest absolute Gasteiger partial charge is 0.145 e. The second-order valence-corrected chi connectivity index (χ2v) is 4.21. The zero-order chi connectivity index (χ0) is 11.5. The molecule has 0 spiro atoms. The molecule has 0 aliphatic carbocycles. The zero-order valence-corrected chi connectivity index (χ0v) is 9.72. The average molecular weight is 223 g/mol. The van der Waals surface area contributed by atoms with Gasteiger partial charge >= 0.3 is 0 Å². The molecular formula is C11H17N3O2. The quantitative estimate of drug-likeness (QED) is 0.758. The summed E-state index contributed by atoms with van der Waals surface area (Å²) in [6, 6.07) is 0. The summed E-state index contributed by atoms with van der Waals surface area (Å²) in [6.07, 6.45) is 2.91. The third-order valence-corrected chi connectivity index (χ3v) is 2.98. The molecule has 1 aromatic heterocycles. The second-order valence-electron chi connectivity index (χ2n) is 4.21. The van der Waals surface area contributed by atoms with Gasteiger partial charge in [-0.2, -0.15) is 5.10 Å². The minimum atomic E-state index is 0.0389. The monoisotopic (exact) mass is 223 g/mol. The van der Waals surface area contributed by atoms with Crippen LogP contribution in [0, 0.1) is 5.92 Å². The number of ether oxygens (including phenoxy) is 1. The summed E-state index contributed by atoms with van der Waals surface area (Å²) in [5, 5.41) is 4.05. The predicted molar refractivity (Wildman–Crippen MR) is 57.9 cm³/mol. The molecule has 16 heavy (non-hydrogen) atoms. The van der Waals surface area contributed by atoms with E-state index in [-0.39, 0.29) is 17.8 Å². The fourth-order valence-corrected chi connectivity index (χ4v) is 2.03. The van der Waals surface area contributed by atoms with Crippen molar-refractivity contribution in [1.29, 1.82) is 0 Å². The van der Waals surface area contributed by atoms with Gasteiger partial charge in [-0.25, -0.2) is 9.67 Å². The van der Waals surface area contributed by atoms with Crippen LogP contribution in [0.25, 0.3) is 0 Å². The fraction of sp³-hybridized carbons (Fsp3) is 0.727. The van der Waals surface area contributed by atoms with Crippen LogP contribution < -0.4 is 0 Å². The summed E-state index contributed by atoms with van der Waals surface area (Å²) in [6.45, 7) is 5.30. The van der Waals surface area contributed by atoms with Crippen LogP contribution in [-0.4, -0.2) is 33.3 Å². The van der Waals surface area contributed by atoms with Gasteiger partial charge in [-0.05, 0) is 20.3 Å². The molecule has 2 unspecified atom stereocenters. The topological polar surface area (TPSA) is 57.0 Å². The Bertz CT molecular complexity index is 375. The molecule has 0 bridgehead atoms. The number of aromatic nitrogens is 3. The summed E-state index contributed by atoms with van der Waals surface area (Å²) in [5.74, 6) is 1.01. The van der Waals surface area contributed by atoms with Gasteiger partial charge in [-0.1, -0.05) is 0 Å². The maximum Gasteiger partial charge on any atom is 0.145 e. The van der Waals surface area contributed by atoms with E-state index in [2.05, 4.69) is 10.1 Å². The normalized spacial score (nSPS) is 24.9. The number of carbonyl (C=O) groups is 1. The number of nitrogens with zero attached hydrogens (tertiary/aromatic N) is 3. The highest BCUT2D eigenvalue weighted by Gasteiger charge is 2.28. The SMILES string of the molecule is CCn1ncnc1CC(=O)C1COC(C)C1. The lowest BCUT2D eigenvalue weighted by atomic mass is 9.98. The van der Waals surface area contributed by atoms with Crippen LogP contribution in [0.5, 0.6) is 0 Å². The third kappa shape index (κ3) is 2.29. The van der Waals surface area contributed by atoms with Crippen LogP contribution in [0.1, 0.15) is 26.1 Å². The molecule has 88 valence electrons. The standard InChI is InChI=1S/C11H17N3O2/c1-3-14-11(12-7-13-14)5-10(15)9-4-8(2)16-6-9/h7-9H,3-6H2,1-2H3. The number of Topliss-reactive ketones (excluding diaryl/α,β-unsaturated/α-hetero) is 1.